The molecule has 0 saturated carbocycles. The van der Waals surface area contributed by atoms with Crippen molar-refractivity contribution in [1.82, 2.24) is 15.1 Å². The number of anilines is 1. The summed E-state index contributed by atoms with van der Waals surface area (Å²) in [5.41, 5.74) is 2.67. The van der Waals surface area contributed by atoms with Crippen molar-refractivity contribution < 1.29 is 14.2 Å². The fourth-order valence-corrected chi connectivity index (χ4v) is 2.95. The second-order valence-electron chi connectivity index (χ2n) is 6.57. The van der Waals surface area contributed by atoms with E-state index in [1.807, 2.05) is 73.3 Å². The molecule has 3 aromatic rings. The SMILES string of the molecule is CCNC(=NCc1ccn(-c2ccc(OC)cc2)n1)Nc1ccc(OC)c(OCC)c1. The van der Waals surface area contributed by atoms with Gasteiger partial charge in [-0.15, -0.1) is 0 Å². The molecule has 2 aromatic carbocycles. The van der Waals surface area contributed by atoms with Crippen molar-refractivity contribution in [3.63, 3.8) is 0 Å². The molecule has 0 aliphatic rings. The molecule has 0 aliphatic carbocycles. The lowest BCUT2D eigenvalue weighted by atomic mass is 10.2. The maximum atomic E-state index is 5.65. The zero-order chi connectivity index (χ0) is 22.1. The summed E-state index contributed by atoms with van der Waals surface area (Å²) in [5.74, 6) is 2.85. The lowest BCUT2D eigenvalue weighted by Crippen LogP contribution is -2.30. The Hall–Kier alpha value is -3.68. The molecule has 3 rings (SSSR count). The van der Waals surface area contributed by atoms with E-state index in [2.05, 4.69) is 20.7 Å². The van der Waals surface area contributed by atoms with Gasteiger partial charge in [0.25, 0.3) is 0 Å². The molecule has 164 valence electrons. The second kappa shape index (κ2) is 10.9. The number of hydrogen-bond donors (Lipinski definition) is 2. The van der Waals surface area contributed by atoms with Gasteiger partial charge in [0.2, 0.25) is 0 Å². The zero-order valence-corrected chi connectivity index (χ0v) is 18.4. The lowest BCUT2D eigenvalue weighted by molar-refractivity contribution is 0.311. The first-order valence-corrected chi connectivity index (χ1v) is 10.2. The Morgan fingerprint density at radius 2 is 1.81 bits per heavy atom. The molecule has 8 nitrogen and oxygen atoms in total. The Morgan fingerprint density at radius 3 is 2.48 bits per heavy atom. The minimum atomic E-state index is 0.437. The van der Waals surface area contributed by atoms with Gasteiger partial charge in [0.1, 0.15) is 5.75 Å². The average molecular weight is 424 g/mol. The Labute approximate surface area is 182 Å². The van der Waals surface area contributed by atoms with Crippen molar-refractivity contribution in [2.75, 3.05) is 32.7 Å². The monoisotopic (exact) mass is 423 g/mol. The standard InChI is InChI=1S/C23H29N5O3/c1-5-24-23(26-17-7-12-21(30-4)22(15-17)31-6-2)25-16-18-13-14-28(27-18)19-8-10-20(29-3)11-9-19/h7-15H,5-6,16H2,1-4H3,(H2,24,25,26). The van der Waals surface area contributed by atoms with Gasteiger partial charge in [0.05, 0.1) is 38.8 Å². The number of nitrogens with zero attached hydrogens (tertiary/aromatic N) is 3. The van der Waals surface area contributed by atoms with Crippen molar-refractivity contribution in [1.29, 1.82) is 0 Å². The van der Waals surface area contributed by atoms with Crippen LogP contribution in [0.25, 0.3) is 5.69 Å². The quantitative estimate of drug-likeness (QED) is 0.402. The maximum Gasteiger partial charge on any atom is 0.196 e. The van der Waals surface area contributed by atoms with Crippen LogP contribution >= 0.6 is 0 Å². The number of nitrogens with one attached hydrogen (secondary N) is 2. The van der Waals surface area contributed by atoms with Crippen molar-refractivity contribution >= 4 is 11.6 Å². The fourth-order valence-electron chi connectivity index (χ4n) is 2.95. The number of guanidine groups is 1. The molecule has 0 bridgehead atoms. The Bertz CT molecular complexity index is 999. The summed E-state index contributed by atoms with van der Waals surface area (Å²) in [7, 11) is 3.28. The van der Waals surface area contributed by atoms with E-state index in [9.17, 15) is 0 Å². The molecule has 0 fully saturated rings. The third kappa shape index (κ3) is 5.91. The normalized spacial score (nSPS) is 11.2. The molecular weight excluding hydrogens is 394 g/mol. The summed E-state index contributed by atoms with van der Waals surface area (Å²) in [6, 6.07) is 15.4. The van der Waals surface area contributed by atoms with Crippen LogP contribution in [0.15, 0.2) is 59.7 Å². The number of aromatic nitrogens is 2. The van der Waals surface area contributed by atoms with Gasteiger partial charge in [-0.3, -0.25) is 0 Å². The molecule has 0 spiro atoms. The number of methoxy groups -OCH3 is 2. The summed E-state index contributed by atoms with van der Waals surface area (Å²) < 4.78 is 18.0. The van der Waals surface area contributed by atoms with Gasteiger partial charge < -0.3 is 24.8 Å². The third-order valence-corrected chi connectivity index (χ3v) is 4.45. The van der Waals surface area contributed by atoms with Crippen LogP contribution in [-0.4, -0.2) is 43.1 Å². The Kier molecular flexibility index (Phi) is 7.75. The molecule has 8 heteroatoms. The molecule has 0 atom stereocenters. The van der Waals surface area contributed by atoms with Crippen molar-refractivity contribution in [2.24, 2.45) is 4.99 Å². The highest BCUT2D eigenvalue weighted by Gasteiger charge is 2.08. The molecule has 0 unspecified atom stereocenters. The molecule has 0 aliphatic heterocycles. The number of benzene rings is 2. The van der Waals surface area contributed by atoms with Crippen LogP contribution < -0.4 is 24.8 Å². The molecule has 1 heterocycles. The van der Waals surface area contributed by atoms with Crippen molar-refractivity contribution in [3.8, 4) is 22.9 Å². The van der Waals surface area contributed by atoms with Crippen LogP contribution in [0.5, 0.6) is 17.2 Å². The van der Waals surface area contributed by atoms with Crippen LogP contribution in [0.4, 0.5) is 5.69 Å². The first kappa shape index (κ1) is 22.0. The van der Waals surface area contributed by atoms with Gasteiger partial charge in [-0.2, -0.15) is 5.10 Å². The largest absolute Gasteiger partial charge is 0.497 e. The average Bonchev–Trinajstić information content (AvgIpc) is 3.27. The number of rotatable bonds is 9. The number of ether oxygens (including phenoxy) is 3. The third-order valence-electron chi connectivity index (χ3n) is 4.45. The van der Waals surface area contributed by atoms with E-state index in [0.29, 0.717) is 30.6 Å². The molecule has 1 aromatic heterocycles. The molecular formula is C23H29N5O3. The maximum absolute atomic E-state index is 5.65. The van der Waals surface area contributed by atoms with E-state index in [1.54, 1.807) is 14.2 Å². The Balaban J connectivity index is 1.71. The van der Waals surface area contributed by atoms with E-state index in [4.69, 9.17) is 14.2 Å². The molecule has 31 heavy (non-hydrogen) atoms. The smallest absolute Gasteiger partial charge is 0.196 e. The summed E-state index contributed by atoms with van der Waals surface area (Å²) in [4.78, 5) is 4.66. The van der Waals surface area contributed by atoms with E-state index < -0.39 is 0 Å². The van der Waals surface area contributed by atoms with E-state index in [0.717, 1.165) is 29.4 Å². The molecule has 0 radical (unpaired) electrons. The highest BCUT2D eigenvalue weighted by atomic mass is 16.5. The fraction of sp³-hybridized carbons (Fsp3) is 0.304. The molecule has 0 amide bonds. The van der Waals surface area contributed by atoms with Gasteiger partial charge in [0.15, 0.2) is 17.5 Å². The highest BCUT2D eigenvalue weighted by molar-refractivity contribution is 5.93. The van der Waals surface area contributed by atoms with Gasteiger partial charge in [0, 0.05) is 24.5 Å². The number of aliphatic imine (C=N–C) groups is 1. The highest BCUT2D eigenvalue weighted by Crippen LogP contribution is 2.30. The van der Waals surface area contributed by atoms with Crippen molar-refractivity contribution in [2.45, 2.75) is 20.4 Å². The van der Waals surface area contributed by atoms with Gasteiger partial charge in [-0.25, -0.2) is 9.67 Å². The van der Waals surface area contributed by atoms with Crippen LogP contribution in [0, 0.1) is 0 Å². The molecule has 2 N–H and O–H groups in total. The van der Waals surface area contributed by atoms with E-state index in [1.165, 1.54) is 0 Å². The predicted octanol–water partition coefficient (Wildman–Crippen LogP) is 3.87. The van der Waals surface area contributed by atoms with Gasteiger partial charge >= 0.3 is 0 Å². The van der Waals surface area contributed by atoms with Crippen molar-refractivity contribution in [3.05, 3.63) is 60.4 Å². The first-order chi connectivity index (χ1) is 15.2. The first-order valence-electron chi connectivity index (χ1n) is 10.2. The summed E-state index contributed by atoms with van der Waals surface area (Å²) in [6.45, 7) is 5.70. The summed E-state index contributed by atoms with van der Waals surface area (Å²) >= 11 is 0. The van der Waals surface area contributed by atoms with Crippen LogP contribution in [0.1, 0.15) is 19.5 Å². The summed E-state index contributed by atoms with van der Waals surface area (Å²) in [6.07, 6.45) is 1.92. The van der Waals surface area contributed by atoms with Crippen LogP contribution in [0.2, 0.25) is 0 Å². The molecule has 0 saturated heterocycles. The van der Waals surface area contributed by atoms with Gasteiger partial charge in [-0.05, 0) is 56.3 Å². The summed E-state index contributed by atoms with van der Waals surface area (Å²) in [5, 5.41) is 11.2. The topological polar surface area (TPSA) is 81.9 Å². The van der Waals surface area contributed by atoms with Crippen LogP contribution in [0.3, 0.4) is 0 Å². The minimum absolute atomic E-state index is 0.437. The minimum Gasteiger partial charge on any atom is -0.497 e. The van der Waals surface area contributed by atoms with E-state index in [-0.39, 0.29) is 0 Å². The predicted molar refractivity (Wildman–Crippen MR) is 123 cm³/mol. The lowest BCUT2D eigenvalue weighted by Gasteiger charge is -2.14. The Morgan fingerprint density at radius 1 is 1.00 bits per heavy atom. The van der Waals surface area contributed by atoms with Gasteiger partial charge in [-0.1, -0.05) is 0 Å². The zero-order valence-electron chi connectivity index (χ0n) is 18.4. The van der Waals surface area contributed by atoms with E-state index >= 15 is 0 Å². The second-order valence-corrected chi connectivity index (χ2v) is 6.57. The van der Waals surface area contributed by atoms with Crippen LogP contribution in [-0.2, 0) is 6.54 Å². The number of hydrogen-bond acceptors (Lipinski definition) is 5.